The predicted octanol–water partition coefficient (Wildman–Crippen LogP) is -0.370. The van der Waals surface area contributed by atoms with Gasteiger partial charge in [0.25, 0.3) is 0 Å². The van der Waals surface area contributed by atoms with Gasteiger partial charge in [-0.3, -0.25) is 14.4 Å². The molecule has 1 fully saturated rings. The third kappa shape index (κ3) is 3.77. The van der Waals surface area contributed by atoms with Crippen molar-refractivity contribution in [3.8, 4) is 0 Å². The van der Waals surface area contributed by atoms with Crippen molar-refractivity contribution in [2.75, 3.05) is 39.3 Å². The normalized spacial score (nSPS) is 18.9. The van der Waals surface area contributed by atoms with Crippen LogP contribution in [0.3, 0.4) is 0 Å². The lowest BCUT2D eigenvalue weighted by molar-refractivity contribution is -0.123. The van der Waals surface area contributed by atoms with Crippen LogP contribution in [0.1, 0.15) is 25.7 Å². The standard InChI is InChI=1S/C13H24N6O/c1-4-18-5-7-19(8-6-18)9-12(20)16-11(2)13-14-10-15-17(13)3/h10-11H,4-9H2,1-3H3,(H,16,20)/t11-/m0/s1. The monoisotopic (exact) mass is 280 g/mol. The van der Waals surface area contributed by atoms with E-state index in [1.54, 1.807) is 4.68 Å². The zero-order chi connectivity index (χ0) is 14.5. The fourth-order valence-electron chi connectivity index (χ4n) is 2.52. The maximum atomic E-state index is 12.1. The average molecular weight is 280 g/mol. The molecule has 1 aromatic heterocycles. The SMILES string of the molecule is CCN1CCN(CC(=O)N[C@@H](C)c2ncnn2C)CC1. The number of carbonyl (C=O) groups excluding carboxylic acids is 1. The average Bonchev–Trinajstić information content (AvgIpc) is 2.86. The van der Waals surface area contributed by atoms with Gasteiger partial charge in [-0.05, 0) is 13.5 Å². The number of nitrogens with zero attached hydrogens (tertiary/aromatic N) is 5. The predicted molar refractivity (Wildman–Crippen MR) is 76.1 cm³/mol. The Hall–Kier alpha value is -1.47. The van der Waals surface area contributed by atoms with E-state index in [1.165, 1.54) is 6.33 Å². The lowest BCUT2D eigenvalue weighted by atomic mass is 10.3. The second-order valence-electron chi connectivity index (χ2n) is 5.24. The molecular formula is C13H24N6O. The molecule has 2 rings (SSSR count). The number of piperazine rings is 1. The molecule has 0 bridgehead atoms. The first kappa shape index (κ1) is 14.9. The zero-order valence-corrected chi connectivity index (χ0v) is 12.5. The van der Waals surface area contributed by atoms with Crippen molar-refractivity contribution < 1.29 is 4.79 Å². The summed E-state index contributed by atoms with van der Waals surface area (Å²) in [5.74, 6) is 0.819. The van der Waals surface area contributed by atoms with Crippen LogP contribution in [0.2, 0.25) is 0 Å². The van der Waals surface area contributed by atoms with E-state index < -0.39 is 0 Å². The Bertz CT molecular complexity index is 438. The minimum absolute atomic E-state index is 0.0467. The summed E-state index contributed by atoms with van der Waals surface area (Å²) in [4.78, 5) is 20.8. The summed E-state index contributed by atoms with van der Waals surface area (Å²) in [6.45, 7) is 9.65. The Kier molecular flexibility index (Phi) is 5.08. The van der Waals surface area contributed by atoms with Gasteiger partial charge in [0.05, 0.1) is 12.6 Å². The van der Waals surface area contributed by atoms with E-state index in [0.717, 1.165) is 38.5 Å². The van der Waals surface area contributed by atoms with Crippen LogP contribution in [0, 0.1) is 0 Å². The van der Waals surface area contributed by atoms with Gasteiger partial charge in [-0.25, -0.2) is 4.98 Å². The molecule has 1 aliphatic heterocycles. The minimum Gasteiger partial charge on any atom is -0.345 e. The molecule has 0 spiro atoms. The van der Waals surface area contributed by atoms with Crippen LogP contribution in [0.4, 0.5) is 0 Å². The van der Waals surface area contributed by atoms with Crippen LogP contribution < -0.4 is 5.32 Å². The maximum Gasteiger partial charge on any atom is 0.234 e. The van der Waals surface area contributed by atoms with Crippen molar-refractivity contribution >= 4 is 5.91 Å². The molecular weight excluding hydrogens is 256 g/mol. The first-order valence-corrected chi connectivity index (χ1v) is 7.18. The molecule has 20 heavy (non-hydrogen) atoms. The molecule has 2 heterocycles. The lowest BCUT2D eigenvalue weighted by Gasteiger charge is -2.33. The quantitative estimate of drug-likeness (QED) is 0.797. The summed E-state index contributed by atoms with van der Waals surface area (Å²) < 4.78 is 1.69. The molecule has 1 saturated heterocycles. The first-order chi connectivity index (χ1) is 9.60. The fraction of sp³-hybridized carbons (Fsp3) is 0.769. The highest BCUT2D eigenvalue weighted by molar-refractivity contribution is 5.78. The van der Waals surface area contributed by atoms with E-state index in [0.29, 0.717) is 6.54 Å². The summed E-state index contributed by atoms with van der Waals surface area (Å²) in [5.41, 5.74) is 0. The van der Waals surface area contributed by atoms with Gasteiger partial charge in [0.2, 0.25) is 5.91 Å². The van der Waals surface area contributed by atoms with Gasteiger partial charge in [-0.2, -0.15) is 5.10 Å². The molecule has 0 aliphatic carbocycles. The first-order valence-electron chi connectivity index (χ1n) is 7.18. The third-order valence-corrected chi connectivity index (χ3v) is 3.79. The second-order valence-corrected chi connectivity index (χ2v) is 5.24. The van der Waals surface area contributed by atoms with Crippen LogP contribution in [0.5, 0.6) is 0 Å². The molecule has 0 radical (unpaired) electrons. The molecule has 1 N–H and O–H groups in total. The largest absolute Gasteiger partial charge is 0.345 e. The number of likely N-dealkylation sites (N-methyl/N-ethyl adjacent to an activating group) is 1. The summed E-state index contributed by atoms with van der Waals surface area (Å²) in [6.07, 6.45) is 1.50. The summed E-state index contributed by atoms with van der Waals surface area (Å²) in [6, 6.07) is -0.119. The summed E-state index contributed by atoms with van der Waals surface area (Å²) >= 11 is 0. The highest BCUT2D eigenvalue weighted by Gasteiger charge is 2.19. The van der Waals surface area contributed by atoms with Crippen molar-refractivity contribution in [2.45, 2.75) is 19.9 Å². The van der Waals surface area contributed by atoms with E-state index in [9.17, 15) is 4.79 Å². The van der Waals surface area contributed by atoms with Gasteiger partial charge in [0.1, 0.15) is 12.2 Å². The van der Waals surface area contributed by atoms with Gasteiger partial charge in [0.15, 0.2) is 0 Å². The number of hydrogen-bond acceptors (Lipinski definition) is 5. The number of aryl methyl sites for hydroxylation is 1. The number of rotatable bonds is 5. The smallest absolute Gasteiger partial charge is 0.234 e. The maximum absolute atomic E-state index is 12.1. The number of carbonyl (C=O) groups is 1. The van der Waals surface area contributed by atoms with E-state index >= 15 is 0 Å². The number of amides is 1. The molecule has 0 aromatic carbocycles. The molecule has 7 heteroatoms. The molecule has 112 valence electrons. The highest BCUT2D eigenvalue weighted by Crippen LogP contribution is 2.07. The van der Waals surface area contributed by atoms with Gasteiger partial charge in [0, 0.05) is 33.2 Å². The Morgan fingerprint density at radius 1 is 1.35 bits per heavy atom. The van der Waals surface area contributed by atoms with Crippen LogP contribution in [-0.2, 0) is 11.8 Å². The minimum atomic E-state index is -0.119. The molecule has 0 unspecified atom stereocenters. The van der Waals surface area contributed by atoms with Crippen LogP contribution in [-0.4, -0.2) is 69.7 Å². The number of hydrogen-bond donors (Lipinski definition) is 1. The summed E-state index contributed by atoms with van der Waals surface area (Å²) in [7, 11) is 1.83. The van der Waals surface area contributed by atoms with Gasteiger partial charge in [-0.15, -0.1) is 0 Å². The molecule has 7 nitrogen and oxygen atoms in total. The summed E-state index contributed by atoms with van der Waals surface area (Å²) in [5, 5.41) is 6.99. The van der Waals surface area contributed by atoms with Gasteiger partial charge < -0.3 is 10.2 Å². The Balaban J connectivity index is 1.77. The third-order valence-electron chi connectivity index (χ3n) is 3.79. The second kappa shape index (κ2) is 6.81. The Morgan fingerprint density at radius 2 is 2.00 bits per heavy atom. The van der Waals surface area contributed by atoms with Crippen LogP contribution in [0.15, 0.2) is 6.33 Å². The van der Waals surface area contributed by atoms with Crippen molar-refractivity contribution in [1.82, 2.24) is 29.9 Å². The van der Waals surface area contributed by atoms with Gasteiger partial charge >= 0.3 is 0 Å². The highest BCUT2D eigenvalue weighted by atomic mass is 16.2. The fourth-order valence-corrected chi connectivity index (χ4v) is 2.52. The molecule has 1 atom stereocenters. The van der Waals surface area contributed by atoms with Crippen molar-refractivity contribution in [3.05, 3.63) is 12.2 Å². The van der Waals surface area contributed by atoms with E-state index in [2.05, 4.69) is 32.1 Å². The molecule has 1 aromatic rings. The number of nitrogens with one attached hydrogen (secondary N) is 1. The van der Waals surface area contributed by atoms with Crippen molar-refractivity contribution in [2.24, 2.45) is 7.05 Å². The van der Waals surface area contributed by atoms with Crippen LogP contribution >= 0.6 is 0 Å². The van der Waals surface area contributed by atoms with Gasteiger partial charge in [-0.1, -0.05) is 6.92 Å². The lowest BCUT2D eigenvalue weighted by Crippen LogP contribution is -2.49. The van der Waals surface area contributed by atoms with Crippen molar-refractivity contribution in [1.29, 1.82) is 0 Å². The molecule has 1 aliphatic rings. The number of aromatic nitrogens is 3. The zero-order valence-electron chi connectivity index (χ0n) is 12.5. The van der Waals surface area contributed by atoms with E-state index in [4.69, 9.17) is 0 Å². The molecule has 0 saturated carbocycles. The van der Waals surface area contributed by atoms with Crippen molar-refractivity contribution in [3.63, 3.8) is 0 Å². The van der Waals surface area contributed by atoms with Crippen LogP contribution in [0.25, 0.3) is 0 Å². The Labute approximate surface area is 119 Å². The van der Waals surface area contributed by atoms with E-state index in [-0.39, 0.29) is 11.9 Å². The molecule has 1 amide bonds. The van der Waals surface area contributed by atoms with E-state index in [1.807, 2.05) is 14.0 Å². The Morgan fingerprint density at radius 3 is 2.55 bits per heavy atom. The topological polar surface area (TPSA) is 66.3 Å².